The highest BCUT2D eigenvalue weighted by atomic mass is 19.4. The maximum Gasteiger partial charge on any atom is 0.422 e. The summed E-state index contributed by atoms with van der Waals surface area (Å²) in [5.41, 5.74) is 12.1. The Morgan fingerprint density at radius 1 is 0.895 bits per heavy atom. The number of benzene rings is 1. The molecule has 1 aromatic carbocycles. The van der Waals surface area contributed by atoms with E-state index in [2.05, 4.69) is 21.4 Å². The molecule has 4 heterocycles. The van der Waals surface area contributed by atoms with Crippen molar-refractivity contribution in [3.63, 3.8) is 0 Å². The van der Waals surface area contributed by atoms with Crippen LogP contribution in [-0.4, -0.2) is 65.6 Å². The molecule has 4 atom stereocenters. The third kappa shape index (κ3) is 4.01. The van der Waals surface area contributed by atoms with Crippen LogP contribution in [0.5, 0.6) is 5.88 Å². The minimum atomic E-state index is -4.45. The Morgan fingerprint density at radius 3 is 2.11 bits per heavy atom. The Hall–Kier alpha value is -3.54. The molecule has 2 saturated carbocycles. The minimum Gasteiger partial charge on any atom is -0.468 e. The highest BCUT2D eigenvalue weighted by Gasteiger charge is 2.59. The number of anilines is 2. The summed E-state index contributed by atoms with van der Waals surface area (Å²) >= 11 is 0. The van der Waals surface area contributed by atoms with E-state index in [0.29, 0.717) is 66.5 Å². The van der Waals surface area contributed by atoms with E-state index in [9.17, 15) is 22.8 Å². The number of halogens is 3. The van der Waals surface area contributed by atoms with Crippen LogP contribution in [0.1, 0.15) is 45.0 Å². The fourth-order valence-electron chi connectivity index (χ4n) is 6.67. The van der Waals surface area contributed by atoms with Gasteiger partial charge in [-0.05, 0) is 66.7 Å². The van der Waals surface area contributed by atoms with Gasteiger partial charge in [-0.25, -0.2) is 4.98 Å². The molecule has 3 aliphatic heterocycles. The number of alkyl halides is 3. The van der Waals surface area contributed by atoms with Gasteiger partial charge in [-0.2, -0.15) is 13.2 Å². The summed E-state index contributed by atoms with van der Waals surface area (Å²) in [6, 6.07) is 7.21. The number of carbonyl (C=O) groups is 2. The molecule has 0 bridgehead atoms. The fraction of sp³-hybridized carbons (Fsp3) is 0.500. The predicted octanol–water partition coefficient (Wildman–Crippen LogP) is 3.25. The molecule has 12 heteroatoms. The van der Waals surface area contributed by atoms with Gasteiger partial charge in [0.15, 0.2) is 6.61 Å². The molecule has 38 heavy (non-hydrogen) atoms. The number of fused-ring (bicyclic) bond motifs is 5. The van der Waals surface area contributed by atoms with Gasteiger partial charge < -0.3 is 25.4 Å². The zero-order valence-corrected chi connectivity index (χ0v) is 20.4. The molecule has 3 N–H and O–H groups in total. The highest BCUT2D eigenvalue weighted by molar-refractivity contribution is 5.97. The number of pyridine rings is 1. The molecule has 200 valence electrons. The van der Waals surface area contributed by atoms with Gasteiger partial charge in [0.25, 0.3) is 11.8 Å². The van der Waals surface area contributed by atoms with E-state index in [1.807, 2.05) is 28.0 Å². The van der Waals surface area contributed by atoms with Gasteiger partial charge in [-0.15, -0.1) is 5.53 Å². The van der Waals surface area contributed by atoms with E-state index in [-0.39, 0.29) is 23.6 Å². The lowest BCUT2D eigenvalue weighted by Gasteiger charge is -2.42. The molecule has 0 unspecified atom stereocenters. The second-order valence-electron chi connectivity index (χ2n) is 11.0. The molecule has 0 radical (unpaired) electrons. The average molecular weight is 529 g/mol. The summed E-state index contributed by atoms with van der Waals surface area (Å²) in [7, 11) is 0. The zero-order valence-electron chi connectivity index (χ0n) is 20.4. The SMILES string of the molecule is O=C(c1ccc2c(c1)NNN2)N1C[C@@H]2[C@H](C1)[C@H]1CN(C(=O)c3cnc(OCC(F)(F)F)c(C4CC4)c3)C[C@@H]21. The van der Waals surface area contributed by atoms with Crippen LogP contribution < -0.4 is 21.1 Å². The van der Waals surface area contributed by atoms with Gasteiger partial charge in [-0.3, -0.25) is 9.59 Å². The van der Waals surface area contributed by atoms with Crippen molar-refractivity contribution in [2.24, 2.45) is 23.7 Å². The number of hydrogen-bond donors (Lipinski definition) is 3. The average Bonchev–Trinajstić information content (AvgIpc) is 3.33. The van der Waals surface area contributed by atoms with Crippen LogP contribution in [0.4, 0.5) is 24.5 Å². The number of aromatic nitrogens is 1. The maximum atomic E-state index is 13.3. The van der Waals surface area contributed by atoms with Crippen LogP contribution in [0.2, 0.25) is 0 Å². The summed E-state index contributed by atoms with van der Waals surface area (Å²) in [4.78, 5) is 34.4. The van der Waals surface area contributed by atoms with Crippen molar-refractivity contribution in [2.75, 3.05) is 43.6 Å². The predicted molar refractivity (Wildman–Crippen MR) is 130 cm³/mol. The summed E-state index contributed by atoms with van der Waals surface area (Å²) in [5.74, 6) is 1.37. The van der Waals surface area contributed by atoms with Crippen LogP contribution in [0.15, 0.2) is 30.5 Å². The van der Waals surface area contributed by atoms with Gasteiger partial charge in [0.1, 0.15) is 0 Å². The van der Waals surface area contributed by atoms with Crippen molar-refractivity contribution in [1.29, 1.82) is 0 Å². The number of rotatable bonds is 5. The second-order valence-corrected chi connectivity index (χ2v) is 11.0. The first-order chi connectivity index (χ1) is 18.2. The molecular formula is C26H27F3N6O3. The summed E-state index contributed by atoms with van der Waals surface area (Å²) < 4.78 is 42.9. The van der Waals surface area contributed by atoms with Crippen LogP contribution >= 0.6 is 0 Å². The quantitative estimate of drug-likeness (QED) is 0.548. The van der Waals surface area contributed by atoms with Crippen molar-refractivity contribution in [3.05, 3.63) is 47.2 Å². The van der Waals surface area contributed by atoms with E-state index in [4.69, 9.17) is 4.74 Å². The fourth-order valence-corrected chi connectivity index (χ4v) is 6.67. The monoisotopic (exact) mass is 528 g/mol. The molecular weight excluding hydrogens is 501 g/mol. The summed E-state index contributed by atoms with van der Waals surface area (Å²) in [6.45, 7) is 1.22. The number of amides is 2. The Balaban J connectivity index is 1.000. The first-order valence-electron chi connectivity index (χ1n) is 12.9. The summed E-state index contributed by atoms with van der Waals surface area (Å²) in [5, 5.41) is 0. The molecule has 2 aliphatic carbocycles. The van der Waals surface area contributed by atoms with Crippen molar-refractivity contribution < 1.29 is 27.5 Å². The highest BCUT2D eigenvalue weighted by Crippen LogP contribution is 2.54. The van der Waals surface area contributed by atoms with Crippen LogP contribution in [0.25, 0.3) is 0 Å². The van der Waals surface area contributed by atoms with Gasteiger partial charge in [0.05, 0.1) is 16.9 Å². The molecule has 1 aromatic heterocycles. The van der Waals surface area contributed by atoms with Gasteiger partial charge in [0.2, 0.25) is 5.88 Å². The van der Waals surface area contributed by atoms with Crippen LogP contribution in [-0.2, 0) is 0 Å². The van der Waals surface area contributed by atoms with E-state index in [0.717, 1.165) is 24.2 Å². The van der Waals surface area contributed by atoms with Crippen molar-refractivity contribution in [1.82, 2.24) is 20.3 Å². The lowest BCUT2D eigenvalue weighted by molar-refractivity contribution is -0.154. The number of carbonyl (C=O) groups excluding carboxylic acids is 2. The van der Waals surface area contributed by atoms with E-state index in [1.165, 1.54) is 6.20 Å². The van der Waals surface area contributed by atoms with Gasteiger partial charge >= 0.3 is 6.18 Å². The lowest BCUT2D eigenvalue weighted by Crippen LogP contribution is -2.44. The molecule has 2 aromatic rings. The normalized spacial score (nSPS) is 27.1. The number of nitrogens with zero attached hydrogens (tertiary/aromatic N) is 3. The summed E-state index contributed by atoms with van der Waals surface area (Å²) in [6.07, 6.45) is -1.41. The second kappa shape index (κ2) is 8.48. The number of hydrazine groups is 2. The molecule has 7 rings (SSSR count). The molecule has 0 spiro atoms. The lowest BCUT2D eigenvalue weighted by atomic mass is 9.60. The molecule has 4 fully saturated rings. The van der Waals surface area contributed by atoms with Crippen molar-refractivity contribution in [2.45, 2.75) is 24.9 Å². The first kappa shape index (κ1) is 23.6. The standard InChI is InChI=1S/C26H27F3N6O3/c27-26(28,29)12-38-23-16(13-1-2-13)5-15(7-30-23)25(37)35-10-19-17-8-34(9-18(17)20(19)11-35)24(36)14-3-4-21-22(6-14)32-33-31-21/h3-7,13,17-20,31-33H,1-2,8-12H2/t17-,18+,19+,20-. The zero-order chi connectivity index (χ0) is 26.2. The first-order valence-corrected chi connectivity index (χ1v) is 12.9. The maximum absolute atomic E-state index is 13.3. The number of nitrogens with one attached hydrogen (secondary N) is 3. The Labute approximate surface area is 216 Å². The van der Waals surface area contributed by atoms with Gasteiger partial charge in [-0.1, -0.05) is 0 Å². The van der Waals surface area contributed by atoms with Crippen LogP contribution in [0, 0.1) is 23.7 Å². The van der Waals surface area contributed by atoms with Crippen molar-refractivity contribution in [3.8, 4) is 5.88 Å². The molecule has 9 nitrogen and oxygen atoms in total. The molecule has 2 amide bonds. The van der Waals surface area contributed by atoms with Crippen molar-refractivity contribution >= 4 is 23.2 Å². The Bertz CT molecular complexity index is 1300. The largest absolute Gasteiger partial charge is 0.468 e. The Morgan fingerprint density at radius 2 is 1.50 bits per heavy atom. The van der Waals surface area contributed by atoms with E-state index < -0.39 is 12.8 Å². The third-order valence-corrected chi connectivity index (χ3v) is 8.68. The number of likely N-dealkylation sites (tertiary alicyclic amines) is 2. The number of ether oxygens (including phenoxy) is 1. The third-order valence-electron chi connectivity index (χ3n) is 8.68. The number of hydrogen-bond acceptors (Lipinski definition) is 7. The van der Waals surface area contributed by atoms with Gasteiger partial charge in [0, 0.05) is 43.5 Å². The van der Waals surface area contributed by atoms with E-state index in [1.54, 1.807) is 6.07 Å². The minimum absolute atomic E-state index is 0.0217. The topological polar surface area (TPSA) is 98.8 Å². The molecule has 2 saturated heterocycles. The molecule has 5 aliphatic rings. The smallest absolute Gasteiger partial charge is 0.422 e. The van der Waals surface area contributed by atoms with E-state index >= 15 is 0 Å². The Kier molecular flexibility index (Phi) is 5.26. The van der Waals surface area contributed by atoms with Crippen LogP contribution in [0.3, 0.4) is 0 Å².